The summed E-state index contributed by atoms with van der Waals surface area (Å²) < 4.78 is 23.7. The highest BCUT2D eigenvalue weighted by Gasteiger charge is 2.35. The minimum absolute atomic E-state index is 0.0705. The van der Waals surface area contributed by atoms with Crippen molar-refractivity contribution in [2.24, 2.45) is 0 Å². The molecule has 1 heterocycles. The lowest BCUT2D eigenvalue weighted by atomic mass is 9.93. The number of sulfone groups is 1. The van der Waals surface area contributed by atoms with Crippen molar-refractivity contribution in [3.05, 3.63) is 35.9 Å². The molecule has 1 saturated carbocycles. The molecule has 27 heavy (non-hydrogen) atoms. The van der Waals surface area contributed by atoms with Crippen molar-refractivity contribution in [2.45, 2.75) is 64.1 Å². The molecule has 1 aromatic rings. The fraction of sp³-hybridized carbons (Fsp3) is 0.667. The van der Waals surface area contributed by atoms with Crippen molar-refractivity contribution in [1.82, 2.24) is 9.80 Å². The van der Waals surface area contributed by atoms with Crippen LogP contribution in [0.25, 0.3) is 0 Å². The molecule has 0 bridgehead atoms. The van der Waals surface area contributed by atoms with Gasteiger partial charge in [0, 0.05) is 25.2 Å². The number of carbonyl (C=O) groups excluding carboxylic acids is 1. The van der Waals surface area contributed by atoms with Gasteiger partial charge in [0.15, 0.2) is 9.84 Å². The molecule has 0 spiro atoms. The van der Waals surface area contributed by atoms with Gasteiger partial charge in [0.1, 0.15) is 0 Å². The van der Waals surface area contributed by atoms with Crippen LogP contribution in [0.3, 0.4) is 0 Å². The first-order valence-corrected chi connectivity index (χ1v) is 12.1. The minimum atomic E-state index is -2.99. The summed E-state index contributed by atoms with van der Waals surface area (Å²) in [5.74, 6) is 0.396. The van der Waals surface area contributed by atoms with E-state index in [1.807, 2.05) is 25.1 Å². The van der Waals surface area contributed by atoms with Crippen molar-refractivity contribution < 1.29 is 13.2 Å². The Kier molecular flexibility index (Phi) is 6.93. The second kappa shape index (κ2) is 9.20. The SMILES string of the molecule is CCN(C(=O)CN(Cc1ccccc1)C1CCCCC1)C1CCS(=O)(=O)C1. The maximum absolute atomic E-state index is 13.1. The van der Waals surface area contributed by atoms with Crippen LogP contribution in [-0.2, 0) is 21.2 Å². The van der Waals surface area contributed by atoms with Gasteiger partial charge in [-0.05, 0) is 31.7 Å². The van der Waals surface area contributed by atoms with Crippen LogP contribution in [0.2, 0.25) is 0 Å². The number of rotatable bonds is 7. The van der Waals surface area contributed by atoms with Crippen molar-refractivity contribution >= 4 is 15.7 Å². The van der Waals surface area contributed by atoms with Crippen molar-refractivity contribution in [3.63, 3.8) is 0 Å². The lowest BCUT2D eigenvalue weighted by molar-refractivity contribution is -0.135. The molecule has 1 atom stereocenters. The van der Waals surface area contributed by atoms with E-state index in [-0.39, 0.29) is 23.5 Å². The molecule has 5 nitrogen and oxygen atoms in total. The van der Waals surface area contributed by atoms with Gasteiger partial charge in [0.2, 0.25) is 5.91 Å². The van der Waals surface area contributed by atoms with Crippen LogP contribution in [0.5, 0.6) is 0 Å². The maximum atomic E-state index is 13.1. The predicted octanol–water partition coefficient (Wildman–Crippen LogP) is 2.86. The van der Waals surface area contributed by atoms with E-state index in [0.29, 0.717) is 25.6 Å². The molecule has 1 amide bonds. The van der Waals surface area contributed by atoms with Gasteiger partial charge in [-0.1, -0.05) is 49.6 Å². The van der Waals surface area contributed by atoms with Crippen LogP contribution < -0.4 is 0 Å². The van der Waals surface area contributed by atoms with E-state index < -0.39 is 9.84 Å². The van der Waals surface area contributed by atoms with Gasteiger partial charge in [0.05, 0.1) is 18.1 Å². The van der Waals surface area contributed by atoms with Crippen molar-refractivity contribution in [3.8, 4) is 0 Å². The normalized spacial score (nSPS) is 22.8. The molecule has 1 aliphatic heterocycles. The van der Waals surface area contributed by atoms with Crippen LogP contribution in [0.15, 0.2) is 30.3 Å². The van der Waals surface area contributed by atoms with Gasteiger partial charge in [-0.25, -0.2) is 8.42 Å². The summed E-state index contributed by atoms with van der Waals surface area (Å²) in [6.45, 7) is 3.68. The highest BCUT2D eigenvalue weighted by Crippen LogP contribution is 2.25. The average Bonchev–Trinajstić information content (AvgIpc) is 3.03. The molecule has 2 aliphatic rings. The van der Waals surface area contributed by atoms with Gasteiger partial charge >= 0.3 is 0 Å². The van der Waals surface area contributed by atoms with Crippen LogP contribution >= 0.6 is 0 Å². The number of hydrogen-bond donors (Lipinski definition) is 0. The molecule has 150 valence electrons. The predicted molar refractivity (Wildman–Crippen MR) is 108 cm³/mol. The Hall–Kier alpha value is -1.40. The van der Waals surface area contributed by atoms with Crippen LogP contribution in [0.1, 0.15) is 51.0 Å². The summed E-state index contributed by atoms with van der Waals surface area (Å²) in [4.78, 5) is 17.2. The maximum Gasteiger partial charge on any atom is 0.237 e. The Morgan fingerprint density at radius 2 is 1.74 bits per heavy atom. The Morgan fingerprint density at radius 3 is 2.33 bits per heavy atom. The average molecular weight is 393 g/mol. The largest absolute Gasteiger partial charge is 0.338 e. The van der Waals surface area contributed by atoms with E-state index in [2.05, 4.69) is 17.0 Å². The van der Waals surface area contributed by atoms with E-state index in [1.54, 1.807) is 4.90 Å². The van der Waals surface area contributed by atoms with Crippen LogP contribution in [-0.4, -0.2) is 60.8 Å². The monoisotopic (exact) mass is 392 g/mol. The smallest absolute Gasteiger partial charge is 0.237 e. The number of amides is 1. The third-order valence-corrected chi connectivity index (χ3v) is 7.72. The molecule has 1 aliphatic carbocycles. The summed E-state index contributed by atoms with van der Waals surface area (Å²) in [7, 11) is -2.99. The van der Waals surface area contributed by atoms with Gasteiger partial charge in [0.25, 0.3) is 0 Å². The quantitative estimate of drug-likeness (QED) is 0.716. The van der Waals surface area contributed by atoms with Gasteiger partial charge in [-0.2, -0.15) is 0 Å². The zero-order chi connectivity index (χ0) is 19.3. The first-order chi connectivity index (χ1) is 13.0. The zero-order valence-corrected chi connectivity index (χ0v) is 17.2. The molecule has 0 aromatic heterocycles. The lowest BCUT2D eigenvalue weighted by Crippen LogP contribution is -2.48. The third kappa shape index (κ3) is 5.55. The highest BCUT2D eigenvalue weighted by molar-refractivity contribution is 7.91. The number of carbonyl (C=O) groups is 1. The highest BCUT2D eigenvalue weighted by atomic mass is 32.2. The molecule has 1 aromatic carbocycles. The van der Waals surface area contributed by atoms with Crippen LogP contribution in [0, 0.1) is 0 Å². The topological polar surface area (TPSA) is 57.7 Å². The molecular formula is C21H32N2O3S. The number of benzene rings is 1. The molecular weight excluding hydrogens is 360 g/mol. The number of nitrogens with zero attached hydrogens (tertiary/aromatic N) is 2. The second-order valence-electron chi connectivity index (χ2n) is 7.92. The first kappa shape index (κ1) is 20.3. The lowest BCUT2D eigenvalue weighted by Gasteiger charge is -2.36. The summed E-state index contributed by atoms with van der Waals surface area (Å²) in [5, 5.41) is 0. The van der Waals surface area contributed by atoms with Gasteiger partial charge in [-0.3, -0.25) is 9.69 Å². The zero-order valence-electron chi connectivity index (χ0n) is 16.3. The fourth-order valence-electron chi connectivity index (χ4n) is 4.50. The van der Waals surface area contributed by atoms with Gasteiger partial charge in [-0.15, -0.1) is 0 Å². The summed E-state index contributed by atoms with van der Waals surface area (Å²) in [6, 6.07) is 10.6. The standard InChI is InChI=1S/C21H32N2O3S/c1-2-23(20-13-14-27(25,26)17-20)21(24)16-22(19-11-7-4-8-12-19)15-18-9-5-3-6-10-18/h3,5-6,9-10,19-20H,2,4,7-8,11-17H2,1H3. The summed E-state index contributed by atoms with van der Waals surface area (Å²) in [5.41, 5.74) is 1.22. The molecule has 0 radical (unpaired) electrons. The Balaban J connectivity index is 1.70. The van der Waals surface area contributed by atoms with E-state index >= 15 is 0 Å². The van der Waals surface area contributed by atoms with E-state index in [1.165, 1.54) is 24.8 Å². The molecule has 2 fully saturated rings. The van der Waals surface area contributed by atoms with E-state index in [0.717, 1.165) is 19.4 Å². The number of hydrogen-bond acceptors (Lipinski definition) is 4. The minimum Gasteiger partial charge on any atom is -0.338 e. The Bertz CT molecular complexity index is 714. The van der Waals surface area contributed by atoms with Crippen molar-refractivity contribution in [1.29, 1.82) is 0 Å². The molecule has 3 rings (SSSR count). The summed E-state index contributed by atoms with van der Waals surface area (Å²) >= 11 is 0. The van der Waals surface area contributed by atoms with Crippen molar-refractivity contribution in [2.75, 3.05) is 24.6 Å². The number of likely N-dealkylation sites (N-methyl/N-ethyl adjacent to an activating group) is 1. The molecule has 1 unspecified atom stereocenters. The summed E-state index contributed by atoms with van der Waals surface area (Å²) in [6.07, 6.45) is 6.59. The fourth-order valence-corrected chi connectivity index (χ4v) is 6.23. The second-order valence-corrected chi connectivity index (χ2v) is 10.1. The first-order valence-electron chi connectivity index (χ1n) is 10.3. The Labute approximate surface area is 163 Å². The van der Waals surface area contributed by atoms with E-state index in [4.69, 9.17) is 0 Å². The van der Waals surface area contributed by atoms with Crippen LogP contribution in [0.4, 0.5) is 0 Å². The molecule has 6 heteroatoms. The Morgan fingerprint density at radius 1 is 1.04 bits per heavy atom. The third-order valence-electron chi connectivity index (χ3n) is 5.97. The molecule has 1 saturated heterocycles. The molecule has 0 N–H and O–H groups in total. The van der Waals surface area contributed by atoms with E-state index in [9.17, 15) is 13.2 Å². The van der Waals surface area contributed by atoms with Gasteiger partial charge < -0.3 is 4.90 Å².